The molecular formula is C21H24O5. The van der Waals surface area contributed by atoms with Crippen LogP contribution in [0.3, 0.4) is 0 Å². The van der Waals surface area contributed by atoms with Gasteiger partial charge in [-0.1, -0.05) is 36.4 Å². The van der Waals surface area contributed by atoms with Gasteiger partial charge in [0.2, 0.25) is 0 Å². The summed E-state index contributed by atoms with van der Waals surface area (Å²) in [7, 11) is 1.54. The number of methoxy groups -OCH3 is 1. The zero-order valence-electron chi connectivity index (χ0n) is 15.2. The van der Waals surface area contributed by atoms with E-state index in [9.17, 15) is 9.59 Å². The molecule has 0 heterocycles. The molecule has 0 atom stereocenters. The third-order valence-electron chi connectivity index (χ3n) is 3.82. The van der Waals surface area contributed by atoms with Crippen molar-refractivity contribution in [1.82, 2.24) is 0 Å². The Kier molecular flexibility index (Phi) is 7.68. The average Bonchev–Trinajstić information content (AvgIpc) is 2.65. The first kappa shape index (κ1) is 19.5. The summed E-state index contributed by atoms with van der Waals surface area (Å²) in [6.45, 7) is 1.67. The first-order valence-corrected chi connectivity index (χ1v) is 8.63. The van der Waals surface area contributed by atoms with Crippen LogP contribution >= 0.6 is 0 Å². The molecule has 0 radical (unpaired) electrons. The summed E-state index contributed by atoms with van der Waals surface area (Å²) in [6.07, 6.45) is 2.82. The van der Waals surface area contributed by atoms with E-state index in [4.69, 9.17) is 14.2 Å². The van der Waals surface area contributed by atoms with Gasteiger partial charge in [-0.25, -0.2) is 0 Å². The molecule has 5 heteroatoms. The average molecular weight is 356 g/mol. The highest BCUT2D eigenvalue weighted by atomic mass is 16.6. The van der Waals surface area contributed by atoms with E-state index in [1.165, 1.54) is 14.0 Å². The lowest BCUT2D eigenvalue weighted by molar-refractivity contribution is -0.145. The second-order valence-electron chi connectivity index (χ2n) is 5.93. The molecule has 0 aliphatic carbocycles. The van der Waals surface area contributed by atoms with Crippen LogP contribution in [0.15, 0.2) is 48.5 Å². The monoisotopic (exact) mass is 356 g/mol. The van der Waals surface area contributed by atoms with Crippen molar-refractivity contribution in [2.45, 2.75) is 39.2 Å². The molecule has 26 heavy (non-hydrogen) atoms. The van der Waals surface area contributed by atoms with Gasteiger partial charge in [0.1, 0.15) is 6.61 Å². The number of aryl methyl sites for hydroxylation is 1. The molecule has 0 fully saturated rings. The fourth-order valence-corrected chi connectivity index (χ4v) is 2.52. The van der Waals surface area contributed by atoms with Crippen LogP contribution in [0.5, 0.6) is 11.5 Å². The van der Waals surface area contributed by atoms with E-state index >= 15 is 0 Å². The van der Waals surface area contributed by atoms with Crippen LogP contribution in [-0.2, 0) is 27.4 Å². The topological polar surface area (TPSA) is 61.8 Å². The number of hydrogen-bond donors (Lipinski definition) is 0. The molecule has 0 amide bonds. The Morgan fingerprint density at radius 1 is 0.923 bits per heavy atom. The van der Waals surface area contributed by atoms with Crippen LogP contribution in [0.25, 0.3) is 0 Å². The van der Waals surface area contributed by atoms with Crippen molar-refractivity contribution >= 4 is 11.9 Å². The van der Waals surface area contributed by atoms with Crippen molar-refractivity contribution in [3.8, 4) is 11.5 Å². The minimum absolute atomic E-state index is 0.184. The van der Waals surface area contributed by atoms with Gasteiger partial charge < -0.3 is 14.2 Å². The number of ether oxygens (including phenoxy) is 3. The molecule has 2 aromatic rings. The predicted octanol–water partition coefficient (Wildman–Crippen LogP) is 4.08. The van der Waals surface area contributed by atoms with Crippen molar-refractivity contribution in [2.75, 3.05) is 7.11 Å². The zero-order chi connectivity index (χ0) is 18.8. The maximum atomic E-state index is 11.8. The fourth-order valence-electron chi connectivity index (χ4n) is 2.52. The zero-order valence-corrected chi connectivity index (χ0v) is 15.2. The molecule has 0 aliphatic rings. The second kappa shape index (κ2) is 10.2. The lowest BCUT2D eigenvalue weighted by Gasteiger charge is -2.10. The highest BCUT2D eigenvalue weighted by Gasteiger charge is 2.09. The number of carbonyl (C=O) groups is 2. The van der Waals surface area contributed by atoms with E-state index in [1.54, 1.807) is 6.07 Å². The smallest absolute Gasteiger partial charge is 0.308 e. The Balaban J connectivity index is 1.72. The van der Waals surface area contributed by atoms with Crippen molar-refractivity contribution in [2.24, 2.45) is 0 Å². The van der Waals surface area contributed by atoms with E-state index in [0.29, 0.717) is 24.5 Å². The van der Waals surface area contributed by atoms with Crippen LogP contribution in [0.4, 0.5) is 0 Å². The molecule has 2 aromatic carbocycles. The first-order chi connectivity index (χ1) is 12.6. The van der Waals surface area contributed by atoms with Crippen molar-refractivity contribution in [1.29, 1.82) is 0 Å². The van der Waals surface area contributed by atoms with Gasteiger partial charge in [-0.2, -0.15) is 0 Å². The summed E-state index contributed by atoms with van der Waals surface area (Å²) in [5.74, 6) is 0.370. The van der Waals surface area contributed by atoms with E-state index < -0.39 is 0 Å². The third kappa shape index (κ3) is 6.59. The first-order valence-electron chi connectivity index (χ1n) is 8.63. The van der Waals surface area contributed by atoms with Crippen LogP contribution in [0.1, 0.15) is 37.3 Å². The van der Waals surface area contributed by atoms with Gasteiger partial charge in [0.25, 0.3) is 0 Å². The molecule has 0 unspecified atom stereocenters. The Morgan fingerprint density at radius 3 is 2.38 bits per heavy atom. The van der Waals surface area contributed by atoms with Gasteiger partial charge in [-0.15, -0.1) is 0 Å². The molecule has 5 nitrogen and oxygen atoms in total. The minimum Gasteiger partial charge on any atom is -0.493 e. The highest BCUT2D eigenvalue weighted by molar-refractivity contribution is 5.70. The number of esters is 2. The molecule has 2 rings (SSSR count). The lowest BCUT2D eigenvalue weighted by atomic mass is 10.1. The molecule has 0 saturated carbocycles. The number of carbonyl (C=O) groups excluding carboxylic acids is 2. The molecule has 0 saturated heterocycles. The third-order valence-corrected chi connectivity index (χ3v) is 3.82. The summed E-state index contributed by atoms with van der Waals surface area (Å²) in [4.78, 5) is 22.8. The van der Waals surface area contributed by atoms with Crippen molar-refractivity contribution < 1.29 is 23.8 Å². The molecule has 138 valence electrons. The van der Waals surface area contributed by atoms with Crippen molar-refractivity contribution in [3.05, 3.63) is 59.7 Å². The van der Waals surface area contributed by atoms with E-state index in [-0.39, 0.29) is 11.9 Å². The van der Waals surface area contributed by atoms with Gasteiger partial charge in [-0.05, 0) is 42.5 Å². The molecule has 0 aliphatic heterocycles. The van der Waals surface area contributed by atoms with Gasteiger partial charge in [0.15, 0.2) is 11.5 Å². The van der Waals surface area contributed by atoms with Gasteiger partial charge in [0, 0.05) is 13.3 Å². The Hall–Kier alpha value is -2.82. The summed E-state index contributed by atoms with van der Waals surface area (Å²) in [6, 6.07) is 15.1. The Labute approximate surface area is 153 Å². The molecule has 0 bridgehead atoms. The van der Waals surface area contributed by atoms with E-state index in [0.717, 1.165) is 30.4 Å². The predicted molar refractivity (Wildman–Crippen MR) is 98.1 cm³/mol. The van der Waals surface area contributed by atoms with Crippen molar-refractivity contribution in [3.63, 3.8) is 0 Å². The summed E-state index contributed by atoms with van der Waals surface area (Å²) in [5, 5.41) is 0. The van der Waals surface area contributed by atoms with E-state index in [1.807, 2.05) is 42.5 Å². The highest BCUT2D eigenvalue weighted by Crippen LogP contribution is 2.28. The fraction of sp³-hybridized carbons (Fsp3) is 0.333. The standard InChI is InChI=1S/C21H24O5/c1-16(22)26-19-13-12-17(14-20(19)24-2)8-6-7-11-21(23)25-15-18-9-4-3-5-10-18/h3-5,9-10,12-14H,6-8,11,15H2,1-2H3. The largest absolute Gasteiger partial charge is 0.493 e. The van der Waals surface area contributed by atoms with Crippen LogP contribution in [0, 0.1) is 0 Å². The maximum Gasteiger partial charge on any atom is 0.308 e. The second-order valence-corrected chi connectivity index (χ2v) is 5.93. The van der Waals surface area contributed by atoms with Crippen LogP contribution < -0.4 is 9.47 Å². The lowest BCUT2D eigenvalue weighted by Crippen LogP contribution is -2.05. The van der Waals surface area contributed by atoms with Gasteiger partial charge >= 0.3 is 11.9 Å². The number of benzene rings is 2. The maximum absolute atomic E-state index is 11.8. The van der Waals surface area contributed by atoms with Gasteiger partial charge in [-0.3, -0.25) is 9.59 Å². The van der Waals surface area contributed by atoms with Crippen LogP contribution in [0.2, 0.25) is 0 Å². The quantitative estimate of drug-likeness (QED) is 0.385. The molecule has 0 N–H and O–H groups in total. The summed E-state index contributed by atoms with van der Waals surface area (Å²) in [5.41, 5.74) is 2.05. The Bertz CT molecular complexity index is 724. The summed E-state index contributed by atoms with van der Waals surface area (Å²) >= 11 is 0. The Morgan fingerprint density at radius 2 is 1.69 bits per heavy atom. The number of hydrogen-bond acceptors (Lipinski definition) is 5. The van der Waals surface area contributed by atoms with Gasteiger partial charge in [0.05, 0.1) is 7.11 Å². The molecule has 0 aromatic heterocycles. The van der Waals surface area contributed by atoms with E-state index in [2.05, 4.69) is 0 Å². The number of unbranched alkanes of at least 4 members (excludes halogenated alkanes) is 1. The summed E-state index contributed by atoms with van der Waals surface area (Å²) < 4.78 is 15.6. The van der Waals surface area contributed by atoms with Crippen LogP contribution in [-0.4, -0.2) is 19.0 Å². The normalized spacial score (nSPS) is 10.2. The SMILES string of the molecule is COc1cc(CCCCC(=O)OCc2ccccc2)ccc1OC(C)=O. The minimum atomic E-state index is -0.384. The number of rotatable bonds is 9. The molecule has 0 spiro atoms. The molecular weight excluding hydrogens is 332 g/mol.